The molecule has 1 nitrogen and oxygen atoms in total. The van der Waals surface area contributed by atoms with Crippen LogP contribution in [0.1, 0.15) is 50.1 Å². The summed E-state index contributed by atoms with van der Waals surface area (Å²) in [6.07, 6.45) is 0. The first-order chi connectivity index (χ1) is 28.7. The molecule has 0 N–H and O–H groups in total. The summed E-state index contributed by atoms with van der Waals surface area (Å²) in [6.45, 7) is 2.17. The predicted molar refractivity (Wildman–Crippen MR) is 238 cm³/mol. The van der Waals surface area contributed by atoms with Gasteiger partial charge in [0.25, 0.3) is 0 Å². The van der Waals surface area contributed by atoms with E-state index in [9.17, 15) is 0 Å². The molecule has 270 valence electrons. The van der Waals surface area contributed by atoms with Crippen molar-refractivity contribution in [1.29, 1.82) is 0 Å². The number of rotatable bonds is 3. The van der Waals surface area contributed by atoms with Gasteiger partial charge in [-0.05, 0) is 132 Å². The lowest BCUT2D eigenvalue weighted by molar-refractivity contribution is 0.792. The average Bonchev–Trinajstić information content (AvgIpc) is 3.96. The zero-order valence-electron chi connectivity index (χ0n) is 32.1. The molecule has 0 bridgehead atoms. The Bertz CT molecular complexity index is 2880. The van der Waals surface area contributed by atoms with Crippen molar-refractivity contribution in [3.05, 3.63) is 256 Å². The molecule has 0 aromatic heterocycles. The fourth-order valence-electron chi connectivity index (χ4n) is 11.6. The molecular weight excluding hydrogens is 699 g/mol. The zero-order chi connectivity index (χ0) is 38.2. The summed E-state index contributed by atoms with van der Waals surface area (Å²) in [5, 5.41) is 0. The van der Waals surface area contributed by atoms with Crippen LogP contribution in [0.3, 0.4) is 0 Å². The van der Waals surface area contributed by atoms with Crippen LogP contribution in [0.5, 0.6) is 0 Å². The molecule has 0 aliphatic heterocycles. The fraction of sp³-hybridized carbons (Fsp3) is 0.0526. The van der Waals surface area contributed by atoms with Gasteiger partial charge in [0.2, 0.25) is 0 Å². The minimum atomic E-state index is -0.422. The molecule has 0 heterocycles. The lowest BCUT2D eigenvalue weighted by Crippen LogP contribution is -2.26. The highest BCUT2D eigenvalue weighted by Crippen LogP contribution is 2.65. The molecular formula is C57H37N. The molecule has 0 saturated carbocycles. The van der Waals surface area contributed by atoms with Gasteiger partial charge in [-0.3, -0.25) is 0 Å². The van der Waals surface area contributed by atoms with Crippen molar-refractivity contribution in [2.75, 3.05) is 4.90 Å². The van der Waals surface area contributed by atoms with Crippen molar-refractivity contribution in [2.45, 2.75) is 17.8 Å². The maximum atomic E-state index is 2.51. The van der Waals surface area contributed by atoms with Gasteiger partial charge in [-0.1, -0.05) is 175 Å². The van der Waals surface area contributed by atoms with Gasteiger partial charge in [0, 0.05) is 17.1 Å². The number of hydrogen-bond acceptors (Lipinski definition) is 1. The molecule has 9 aromatic carbocycles. The quantitative estimate of drug-likeness (QED) is 0.175. The molecule has 2 spiro atoms. The van der Waals surface area contributed by atoms with Gasteiger partial charge in [0.05, 0.1) is 10.8 Å². The van der Waals surface area contributed by atoms with Gasteiger partial charge in [0.15, 0.2) is 0 Å². The topological polar surface area (TPSA) is 3.24 Å². The maximum Gasteiger partial charge on any atom is 0.0726 e. The molecule has 58 heavy (non-hydrogen) atoms. The number of fused-ring (bicyclic) bond motifs is 20. The summed E-state index contributed by atoms with van der Waals surface area (Å²) in [5.41, 5.74) is 25.2. The number of anilines is 3. The van der Waals surface area contributed by atoms with Crippen LogP contribution in [-0.4, -0.2) is 0 Å². The van der Waals surface area contributed by atoms with Crippen LogP contribution in [0.4, 0.5) is 17.1 Å². The number of hydrogen-bond donors (Lipinski definition) is 0. The molecule has 0 amide bonds. The second kappa shape index (κ2) is 11.4. The van der Waals surface area contributed by atoms with Gasteiger partial charge < -0.3 is 4.90 Å². The van der Waals surface area contributed by atoms with Crippen LogP contribution < -0.4 is 4.90 Å². The van der Waals surface area contributed by atoms with Gasteiger partial charge >= 0.3 is 0 Å². The molecule has 4 aliphatic rings. The lowest BCUT2D eigenvalue weighted by atomic mass is 9.70. The second-order valence-electron chi connectivity index (χ2n) is 16.4. The monoisotopic (exact) mass is 735 g/mol. The Hall–Kier alpha value is -7.22. The van der Waals surface area contributed by atoms with Gasteiger partial charge in [-0.15, -0.1) is 0 Å². The Morgan fingerprint density at radius 2 is 0.517 bits per heavy atom. The van der Waals surface area contributed by atoms with Crippen LogP contribution in [-0.2, 0) is 10.8 Å². The van der Waals surface area contributed by atoms with Crippen LogP contribution in [0.2, 0.25) is 0 Å². The zero-order valence-corrected chi connectivity index (χ0v) is 32.1. The molecule has 0 atom stereocenters. The van der Waals surface area contributed by atoms with Gasteiger partial charge in [-0.2, -0.15) is 0 Å². The van der Waals surface area contributed by atoms with E-state index in [-0.39, 0.29) is 0 Å². The number of aryl methyl sites for hydroxylation is 1. The summed E-state index contributed by atoms with van der Waals surface area (Å²) >= 11 is 0. The number of benzene rings is 9. The van der Waals surface area contributed by atoms with Crippen LogP contribution in [0, 0.1) is 6.92 Å². The SMILES string of the molecule is Cc1ccc(N(c2ccc3c(c2)C2(c4ccccc4-c4ccccc42)c2ccccc2-3)c2ccc3c(c2)C2(c4ccccc4-c4ccccc42)c2ccccc2-3)cc1. The highest BCUT2D eigenvalue weighted by atomic mass is 15.1. The minimum Gasteiger partial charge on any atom is -0.310 e. The largest absolute Gasteiger partial charge is 0.310 e. The summed E-state index contributed by atoms with van der Waals surface area (Å²) < 4.78 is 0. The first kappa shape index (κ1) is 31.9. The van der Waals surface area contributed by atoms with E-state index in [1.165, 1.54) is 94.6 Å². The third-order valence-corrected chi connectivity index (χ3v) is 13.8. The van der Waals surface area contributed by atoms with E-state index in [1.807, 2.05) is 0 Å². The number of nitrogens with zero attached hydrogens (tertiary/aromatic N) is 1. The third-order valence-electron chi connectivity index (χ3n) is 13.8. The summed E-state index contributed by atoms with van der Waals surface area (Å²) in [5.74, 6) is 0. The van der Waals surface area contributed by atoms with E-state index in [1.54, 1.807) is 0 Å². The van der Waals surface area contributed by atoms with Crippen molar-refractivity contribution in [3.63, 3.8) is 0 Å². The highest BCUT2D eigenvalue weighted by Gasteiger charge is 2.53. The third kappa shape index (κ3) is 3.82. The molecule has 1 heteroatoms. The fourth-order valence-corrected chi connectivity index (χ4v) is 11.6. The molecule has 0 radical (unpaired) electrons. The Morgan fingerprint density at radius 1 is 0.259 bits per heavy atom. The standard InChI is InChI=1S/C57H37N/c1-36-26-28-37(29-27-36)58(38-30-32-46-44-18-6-12-24-52(44)56(54(46)34-38)48-20-8-2-14-40(48)41-15-3-9-21-49(41)56)39-31-33-47-45-19-7-13-25-53(45)57(55(47)35-39)50-22-10-4-16-42(50)43-17-5-11-23-51(43)57/h2-35H,1H3. The van der Waals surface area contributed by atoms with Crippen LogP contribution in [0.25, 0.3) is 44.5 Å². The Labute approximate surface area is 339 Å². The van der Waals surface area contributed by atoms with Crippen molar-refractivity contribution < 1.29 is 0 Å². The van der Waals surface area contributed by atoms with Gasteiger partial charge in [0.1, 0.15) is 0 Å². The average molecular weight is 736 g/mol. The Morgan fingerprint density at radius 3 is 0.828 bits per heavy atom. The lowest BCUT2D eigenvalue weighted by Gasteiger charge is -2.33. The molecule has 0 unspecified atom stereocenters. The van der Waals surface area contributed by atoms with Crippen molar-refractivity contribution in [3.8, 4) is 44.5 Å². The van der Waals surface area contributed by atoms with Crippen molar-refractivity contribution in [2.24, 2.45) is 0 Å². The van der Waals surface area contributed by atoms with E-state index < -0.39 is 10.8 Å². The molecule has 0 saturated heterocycles. The van der Waals surface area contributed by atoms with Crippen molar-refractivity contribution in [1.82, 2.24) is 0 Å². The van der Waals surface area contributed by atoms with Crippen LogP contribution >= 0.6 is 0 Å². The highest BCUT2D eigenvalue weighted by molar-refractivity contribution is 5.98. The van der Waals surface area contributed by atoms with E-state index >= 15 is 0 Å². The summed E-state index contributed by atoms with van der Waals surface area (Å²) in [4.78, 5) is 2.49. The van der Waals surface area contributed by atoms with E-state index in [4.69, 9.17) is 0 Å². The van der Waals surface area contributed by atoms with Crippen molar-refractivity contribution >= 4 is 17.1 Å². The maximum absolute atomic E-state index is 2.51. The molecule has 13 rings (SSSR count). The molecule has 0 fully saturated rings. The normalized spacial score (nSPS) is 14.6. The van der Waals surface area contributed by atoms with Crippen LogP contribution in [0.15, 0.2) is 206 Å². The van der Waals surface area contributed by atoms with Gasteiger partial charge in [-0.25, -0.2) is 0 Å². The summed E-state index contributed by atoms with van der Waals surface area (Å²) in [7, 11) is 0. The first-order valence-electron chi connectivity index (χ1n) is 20.4. The van der Waals surface area contributed by atoms with E-state index in [0.29, 0.717) is 0 Å². The van der Waals surface area contributed by atoms with E-state index in [0.717, 1.165) is 17.1 Å². The Balaban J connectivity index is 1.08. The first-order valence-corrected chi connectivity index (χ1v) is 20.4. The predicted octanol–water partition coefficient (Wildman–Crippen LogP) is 14.2. The minimum absolute atomic E-state index is 0.422. The second-order valence-corrected chi connectivity index (χ2v) is 16.4. The molecule has 9 aromatic rings. The smallest absolute Gasteiger partial charge is 0.0726 e. The Kier molecular flexibility index (Phi) is 6.29. The molecule has 4 aliphatic carbocycles. The summed E-state index contributed by atoms with van der Waals surface area (Å²) in [6, 6.07) is 78.0. The van der Waals surface area contributed by atoms with E-state index in [2.05, 4.69) is 218 Å².